The van der Waals surface area contributed by atoms with Gasteiger partial charge in [0.05, 0.1) is 18.6 Å². The van der Waals surface area contributed by atoms with Gasteiger partial charge < -0.3 is 4.74 Å². The van der Waals surface area contributed by atoms with Crippen LogP contribution in [0, 0.1) is 12.3 Å². The summed E-state index contributed by atoms with van der Waals surface area (Å²) in [5, 5.41) is 0. The summed E-state index contributed by atoms with van der Waals surface area (Å²) < 4.78 is 31.3. The van der Waals surface area contributed by atoms with Crippen molar-refractivity contribution in [2.24, 2.45) is 0 Å². The standard InChI is InChI=1S/C15H19NO3S/c1-5-11-16(12-10-13(2)3)20(17,18)15-8-6-14(19-4)7-9-15/h1,6-10H,11-12H2,2-4H3. The first kappa shape index (κ1) is 16.3. The van der Waals surface area contributed by atoms with Gasteiger partial charge in [0.2, 0.25) is 10.0 Å². The number of nitrogens with zero attached hydrogens (tertiary/aromatic N) is 1. The van der Waals surface area contributed by atoms with Crippen LogP contribution in [0.4, 0.5) is 0 Å². The number of hydrogen-bond donors (Lipinski definition) is 0. The Labute approximate surface area is 121 Å². The van der Waals surface area contributed by atoms with Gasteiger partial charge in [0.25, 0.3) is 0 Å². The van der Waals surface area contributed by atoms with Gasteiger partial charge in [-0.3, -0.25) is 0 Å². The number of terminal acetylenes is 1. The van der Waals surface area contributed by atoms with E-state index in [1.54, 1.807) is 12.1 Å². The molecule has 0 radical (unpaired) electrons. The fourth-order valence-corrected chi connectivity index (χ4v) is 2.82. The van der Waals surface area contributed by atoms with Gasteiger partial charge >= 0.3 is 0 Å². The summed E-state index contributed by atoms with van der Waals surface area (Å²) in [6, 6.07) is 6.25. The summed E-state index contributed by atoms with van der Waals surface area (Å²) in [5.41, 5.74) is 1.04. The zero-order valence-corrected chi connectivity index (χ0v) is 12.8. The fourth-order valence-electron chi connectivity index (χ4n) is 1.53. The van der Waals surface area contributed by atoms with Crippen LogP contribution in [-0.2, 0) is 10.0 Å². The Morgan fingerprint density at radius 2 is 1.95 bits per heavy atom. The van der Waals surface area contributed by atoms with Crippen molar-refractivity contribution in [3.8, 4) is 18.1 Å². The Kier molecular flexibility index (Phi) is 5.81. The summed E-state index contributed by atoms with van der Waals surface area (Å²) in [5.74, 6) is 2.99. The number of hydrogen-bond acceptors (Lipinski definition) is 3. The van der Waals surface area contributed by atoms with Crippen molar-refractivity contribution < 1.29 is 13.2 Å². The van der Waals surface area contributed by atoms with Crippen LogP contribution in [0.25, 0.3) is 0 Å². The molecule has 0 unspecified atom stereocenters. The Hall–Kier alpha value is -1.77. The lowest BCUT2D eigenvalue weighted by atomic mass is 10.3. The lowest BCUT2D eigenvalue weighted by molar-refractivity contribution is 0.414. The molecule has 0 spiro atoms. The molecule has 4 nitrogen and oxygen atoms in total. The molecule has 20 heavy (non-hydrogen) atoms. The van der Waals surface area contributed by atoms with E-state index in [9.17, 15) is 8.42 Å². The lowest BCUT2D eigenvalue weighted by Gasteiger charge is -2.18. The van der Waals surface area contributed by atoms with Crippen molar-refractivity contribution in [2.45, 2.75) is 18.7 Å². The van der Waals surface area contributed by atoms with Crippen LogP contribution in [0.2, 0.25) is 0 Å². The molecule has 0 amide bonds. The van der Waals surface area contributed by atoms with E-state index in [2.05, 4.69) is 5.92 Å². The van der Waals surface area contributed by atoms with Crippen molar-refractivity contribution in [3.05, 3.63) is 35.9 Å². The lowest BCUT2D eigenvalue weighted by Crippen LogP contribution is -2.31. The minimum Gasteiger partial charge on any atom is -0.497 e. The van der Waals surface area contributed by atoms with Crippen LogP contribution in [0.3, 0.4) is 0 Å². The molecule has 0 aliphatic rings. The molecule has 0 aromatic heterocycles. The number of benzene rings is 1. The molecule has 5 heteroatoms. The SMILES string of the molecule is C#CCN(CC=C(C)C)S(=O)(=O)c1ccc(OC)cc1. The summed E-state index contributed by atoms with van der Waals surface area (Å²) in [6.07, 6.45) is 7.09. The summed E-state index contributed by atoms with van der Waals surface area (Å²) in [6.45, 7) is 4.13. The first-order valence-corrected chi connectivity index (χ1v) is 7.57. The van der Waals surface area contributed by atoms with Gasteiger partial charge in [0.15, 0.2) is 0 Å². The molecule has 0 aliphatic heterocycles. The molecule has 0 fully saturated rings. The van der Waals surface area contributed by atoms with E-state index in [1.165, 1.54) is 23.5 Å². The van der Waals surface area contributed by atoms with Gasteiger partial charge in [-0.1, -0.05) is 17.6 Å². The maximum Gasteiger partial charge on any atom is 0.244 e. The number of rotatable bonds is 6. The highest BCUT2D eigenvalue weighted by atomic mass is 32.2. The number of allylic oxidation sites excluding steroid dienone is 1. The number of methoxy groups -OCH3 is 1. The van der Waals surface area contributed by atoms with E-state index >= 15 is 0 Å². The van der Waals surface area contributed by atoms with Crippen molar-refractivity contribution in [2.75, 3.05) is 20.2 Å². The van der Waals surface area contributed by atoms with Crippen LogP contribution in [0.5, 0.6) is 5.75 Å². The van der Waals surface area contributed by atoms with Crippen molar-refractivity contribution in [1.29, 1.82) is 0 Å². The molecule has 1 aromatic carbocycles. The van der Waals surface area contributed by atoms with Crippen LogP contribution in [-0.4, -0.2) is 32.9 Å². The molecule has 1 aromatic rings. The van der Waals surface area contributed by atoms with Crippen LogP contribution >= 0.6 is 0 Å². The highest BCUT2D eigenvalue weighted by molar-refractivity contribution is 7.89. The van der Waals surface area contributed by atoms with Gasteiger partial charge in [0, 0.05) is 6.54 Å². The molecular weight excluding hydrogens is 274 g/mol. The van der Waals surface area contributed by atoms with Crippen LogP contribution < -0.4 is 4.74 Å². The largest absolute Gasteiger partial charge is 0.497 e. The molecule has 0 aliphatic carbocycles. The molecule has 108 valence electrons. The van der Waals surface area contributed by atoms with E-state index in [0.29, 0.717) is 5.75 Å². The second-order valence-corrected chi connectivity index (χ2v) is 6.40. The molecular formula is C15H19NO3S. The first-order chi connectivity index (χ1) is 9.41. The second kappa shape index (κ2) is 7.13. The Bertz CT molecular complexity index is 606. The van der Waals surface area contributed by atoms with E-state index < -0.39 is 10.0 Å². The molecule has 0 N–H and O–H groups in total. The van der Waals surface area contributed by atoms with E-state index in [4.69, 9.17) is 11.2 Å². The summed E-state index contributed by atoms with van der Waals surface area (Å²) >= 11 is 0. The van der Waals surface area contributed by atoms with Gasteiger partial charge in [0.1, 0.15) is 5.75 Å². The maximum absolute atomic E-state index is 12.5. The third-order valence-electron chi connectivity index (χ3n) is 2.67. The smallest absolute Gasteiger partial charge is 0.244 e. The van der Waals surface area contributed by atoms with Crippen LogP contribution in [0.15, 0.2) is 40.8 Å². The monoisotopic (exact) mass is 293 g/mol. The minimum atomic E-state index is -3.59. The summed E-state index contributed by atoms with van der Waals surface area (Å²) in [7, 11) is -2.06. The fraction of sp³-hybridized carbons (Fsp3) is 0.333. The van der Waals surface area contributed by atoms with E-state index in [-0.39, 0.29) is 18.0 Å². The zero-order valence-electron chi connectivity index (χ0n) is 12.0. The van der Waals surface area contributed by atoms with E-state index in [0.717, 1.165) is 5.57 Å². The predicted molar refractivity (Wildman–Crippen MR) is 80.0 cm³/mol. The third-order valence-corrected chi connectivity index (χ3v) is 4.49. The summed E-state index contributed by atoms with van der Waals surface area (Å²) in [4.78, 5) is 0.204. The van der Waals surface area contributed by atoms with Crippen molar-refractivity contribution >= 4 is 10.0 Å². The molecule has 0 saturated carbocycles. The Balaban J connectivity index is 3.08. The molecule has 0 heterocycles. The normalized spacial score (nSPS) is 10.9. The third kappa shape index (κ3) is 4.12. The average Bonchev–Trinajstić information content (AvgIpc) is 2.43. The van der Waals surface area contributed by atoms with Gasteiger partial charge in [-0.2, -0.15) is 4.31 Å². The maximum atomic E-state index is 12.5. The van der Waals surface area contributed by atoms with Gasteiger partial charge in [-0.25, -0.2) is 8.42 Å². The van der Waals surface area contributed by atoms with Gasteiger partial charge in [-0.05, 0) is 38.1 Å². The zero-order chi connectivity index (χ0) is 15.2. The second-order valence-electron chi connectivity index (χ2n) is 4.46. The Morgan fingerprint density at radius 3 is 2.40 bits per heavy atom. The average molecular weight is 293 g/mol. The quantitative estimate of drug-likeness (QED) is 0.597. The number of sulfonamides is 1. The highest BCUT2D eigenvalue weighted by Crippen LogP contribution is 2.19. The number of ether oxygens (including phenoxy) is 1. The van der Waals surface area contributed by atoms with Crippen molar-refractivity contribution in [3.63, 3.8) is 0 Å². The van der Waals surface area contributed by atoms with Crippen LogP contribution in [0.1, 0.15) is 13.8 Å². The molecule has 1 rings (SSSR count). The highest BCUT2D eigenvalue weighted by Gasteiger charge is 2.22. The van der Waals surface area contributed by atoms with Crippen molar-refractivity contribution in [1.82, 2.24) is 4.31 Å². The predicted octanol–water partition coefficient (Wildman–Crippen LogP) is 2.29. The van der Waals surface area contributed by atoms with Gasteiger partial charge in [-0.15, -0.1) is 6.42 Å². The minimum absolute atomic E-state index is 0.0398. The van der Waals surface area contributed by atoms with E-state index in [1.807, 2.05) is 19.9 Å². The molecule has 0 atom stereocenters. The molecule has 0 bridgehead atoms. The topological polar surface area (TPSA) is 46.6 Å². The Morgan fingerprint density at radius 1 is 1.35 bits per heavy atom. The molecule has 0 saturated heterocycles. The first-order valence-electron chi connectivity index (χ1n) is 6.13.